The van der Waals surface area contributed by atoms with Crippen LogP contribution in [-0.2, 0) is 22.4 Å². The van der Waals surface area contributed by atoms with E-state index in [0.717, 1.165) is 30.7 Å². The van der Waals surface area contributed by atoms with E-state index in [1.807, 2.05) is 20.8 Å². The number of likely N-dealkylation sites (tertiary alicyclic amines) is 1. The third kappa shape index (κ3) is 3.48. The van der Waals surface area contributed by atoms with E-state index >= 15 is 0 Å². The first-order chi connectivity index (χ1) is 11.5. The van der Waals surface area contributed by atoms with E-state index in [9.17, 15) is 9.59 Å². The normalized spacial score (nSPS) is 21.7. The molecule has 1 aliphatic carbocycles. The van der Waals surface area contributed by atoms with Crippen molar-refractivity contribution >= 4 is 23.2 Å². The lowest BCUT2D eigenvalue weighted by Gasteiger charge is -2.26. The highest BCUT2D eigenvalue weighted by molar-refractivity contribution is 7.11. The molecular formula is C18H27N3O2S. The third-order valence-electron chi connectivity index (χ3n) is 4.92. The van der Waals surface area contributed by atoms with Crippen molar-refractivity contribution in [2.24, 2.45) is 5.92 Å². The van der Waals surface area contributed by atoms with Gasteiger partial charge in [0, 0.05) is 17.3 Å². The summed E-state index contributed by atoms with van der Waals surface area (Å²) < 4.78 is 0. The fourth-order valence-electron chi connectivity index (χ4n) is 3.56. The number of amides is 2. The van der Waals surface area contributed by atoms with Crippen molar-refractivity contribution in [3.63, 3.8) is 0 Å². The van der Waals surface area contributed by atoms with E-state index < -0.39 is 0 Å². The molecule has 24 heavy (non-hydrogen) atoms. The van der Waals surface area contributed by atoms with Gasteiger partial charge in [0.1, 0.15) is 11.0 Å². The van der Waals surface area contributed by atoms with Crippen LogP contribution in [0, 0.1) is 5.92 Å². The van der Waals surface area contributed by atoms with E-state index in [1.165, 1.54) is 23.4 Å². The summed E-state index contributed by atoms with van der Waals surface area (Å²) in [7, 11) is 0. The van der Waals surface area contributed by atoms with Crippen molar-refractivity contribution in [2.75, 3.05) is 6.54 Å². The van der Waals surface area contributed by atoms with E-state index in [2.05, 4.69) is 5.32 Å². The van der Waals surface area contributed by atoms with Crippen LogP contribution in [0.3, 0.4) is 0 Å². The summed E-state index contributed by atoms with van der Waals surface area (Å²) in [4.78, 5) is 32.8. The predicted molar refractivity (Wildman–Crippen MR) is 94.9 cm³/mol. The minimum absolute atomic E-state index is 0.0397. The Balaban J connectivity index is 1.65. The van der Waals surface area contributed by atoms with Crippen LogP contribution in [0.15, 0.2) is 0 Å². The standard InChI is InChI=1S/C18H27N3O2S/c1-11(2)18(23)21-10-6-8-14(21)16(22)19-12(3)17-20-13-7-4-5-9-15(13)24-17/h11-12,14H,4-10H2,1-3H3,(H,19,22)/t12-,14+/m0/s1. The van der Waals surface area contributed by atoms with Crippen LogP contribution in [0.5, 0.6) is 0 Å². The molecule has 2 amide bonds. The van der Waals surface area contributed by atoms with Gasteiger partial charge in [-0.2, -0.15) is 0 Å². The Morgan fingerprint density at radius 1 is 1.21 bits per heavy atom. The molecule has 1 N–H and O–H groups in total. The van der Waals surface area contributed by atoms with Gasteiger partial charge in [0.15, 0.2) is 0 Å². The third-order valence-corrected chi connectivity index (χ3v) is 6.26. The lowest BCUT2D eigenvalue weighted by atomic mass is 10.0. The highest BCUT2D eigenvalue weighted by Gasteiger charge is 2.35. The quantitative estimate of drug-likeness (QED) is 0.909. The van der Waals surface area contributed by atoms with Crippen molar-refractivity contribution in [3.8, 4) is 0 Å². The summed E-state index contributed by atoms with van der Waals surface area (Å²) in [5.41, 5.74) is 1.22. The van der Waals surface area contributed by atoms with Crippen molar-refractivity contribution in [1.82, 2.24) is 15.2 Å². The Morgan fingerprint density at radius 3 is 2.67 bits per heavy atom. The SMILES string of the molecule is CC(C)C(=O)N1CCC[C@@H]1C(=O)N[C@@H](C)c1nc2c(s1)CCCC2. The number of carbonyl (C=O) groups excluding carboxylic acids is 2. The molecule has 0 radical (unpaired) electrons. The predicted octanol–water partition coefficient (Wildman–Crippen LogP) is 2.85. The minimum Gasteiger partial charge on any atom is -0.345 e. The number of carbonyl (C=O) groups is 2. The molecule has 3 rings (SSSR count). The highest BCUT2D eigenvalue weighted by Crippen LogP contribution is 2.30. The highest BCUT2D eigenvalue weighted by atomic mass is 32.1. The summed E-state index contributed by atoms with van der Waals surface area (Å²) >= 11 is 1.73. The number of rotatable bonds is 4. The van der Waals surface area contributed by atoms with E-state index in [0.29, 0.717) is 6.54 Å². The topological polar surface area (TPSA) is 62.3 Å². The number of aromatic nitrogens is 1. The molecule has 6 heteroatoms. The fourth-order valence-corrected chi connectivity index (χ4v) is 4.72. The first-order valence-electron chi connectivity index (χ1n) is 9.06. The molecule has 1 aliphatic heterocycles. The average Bonchev–Trinajstić information content (AvgIpc) is 3.20. The summed E-state index contributed by atoms with van der Waals surface area (Å²) in [6.07, 6.45) is 6.29. The molecule has 132 valence electrons. The lowest BCUT2D eigenvalue weighted by Crippen LogP contribution is -2.47. The van der Waals surface area contributed by atoms with Crippen LogP contribution in [0.1, 0.15) is 68.1 Å². The summed E-state index contributed by atoms with van der Waals surface area (Å²) in [5, 5.41) is 4.08. The van der Waals surface area contributed by atoms with Gasteiger partial charge < -0.3 is 10.2 Å². The minimum atomic E-state index is -0.322. The van der Waals surface area contributed by atoms with Crippen molar-refractivity contribution < 1.29 is 9.59 Å². The van der Waals surface area contributed by atoms with Gasteiger partial charge in [0.25, 0.3) is 0 Å². The van der Waals surface area contributed by atoms with Gasteiger partial charge >= 0.3 is 0 Å². The van der Waals surface area contributed by atoms with Crippen LogP contribution in [0.4, 0.5) is 0 Å². The van der Waals surface area contributed by atoms with Gasteiger partial charge in [-0.1, -0.05) is 13.8 Å². The molecular weight excluding hydrogens is 322 g/mol. The molecule has 1 aromatic rings. The molecule has 1 fully saturated rings. The van der Waals surface area contributed by atoms with E-state index in [4.69, 9.17) is 4.98 Å². The number of fused-ring (bicyclic) bond motifs is 1. The molecule has 1 aromatic heterocycles. The van der Waals surface area contributed by atoms with E-state index in [1.54, 1.807) is 16.2 Å². The van der Waals surface area contributed by atoms with Crippen LogP contribution in [0.25, 0.3) is 0 Å². The average molecular weight is 350 g/mol. The maximum atomic E-state index is 12.7. The van der Waals surface area contributed by atoms with Crippen molar-refractivity contribution in [2.45, 2.75) is 71.4 Å². The van der Waals surface area contributed by atoms with Gasteiger partial charge in [-0.25, -0.2) is 4.98 Å². The van der Waals surface area contributed by atoms with Gasteiger partial charge in [0.2, 0.25) is 11.8 Å². The van der Waals surface area contributed by atoms with Crippen LogP contribution >= 0.6 is 11.3 Å². The van der Waals surface area contributed by atoms with Gasteiger partial charge in [-0.15, -0.1) is 11.3 Å². The fraction of sp³-hybridized carbons (Fsp3) is 0.722. The van der Waals surface area contributed by atoms with Crippen LogP contribution in [0.2, 0.25) is 0 Å². The summed E-state index contributed by atoms with van der Waals surface area (Å²) in [6, 6.07) is -0.415. The molecule has 0 saturated carbocycles. The molecule has 2 atom stereocenters. The monoisotopic (exact) mass is 349 g/mol. The largest absolute Gasteiger partial charge is 0.345 e. The molecule has 2 heterocycles. The number of nitrogens with one attached hydrogen (secondary N) is 1. The first-order valence-corrected chi connectivity index (χ1v) is 9.88. The Kier molecular flexibility index (Phi) is 5.23. The molecule has 2 aliphatic rings. The second-order valence-electron chi connectivity index (χ2n) is 7.20. The molecule has 5 nitrogen and oxygen atoms in total. The summed E-state index contributed by atoms with van der Waals surface area (Å²) in [5.74, 6) is -0.0336. The molecule has 0 bridgehead atoms. The van der Waals surface area contributed by atoms with Crippen LogP contribution in [-0.4, -0.2) is 34.3 Å². The second-order valence-corrected chi connectivity index (χ2v) is 8.32. The van der Waals surface area contributed by atoms with Crippen LogP contribution < -0.4 is 5.32 Å². The van der Waals surface area contributed by atoms with Gasteiger partial charge in [-0.3, -0.25) is 9.59 Å². The maximum Gasteiger partial charge on any atom is 0.243 e. The number of hydrogen-bond acceptors (Lipinski definition) is 4. The number of nitrogens with zero attached hydrogens (tertiary/aromatic N) is 2. The molecule has 0 aromatic carbocycles. The van der Waals surface area contributed by atoms with E-state index in [-0.39, 0.29) is 29.8 Å². The van der Waals surface area contributed by atoms with Gasteiger partial charge in [-0.05, 0) is 45.4 Å². The number of hydrogen-bond donors (Lipinski definition) is 1. The van der Waals surface area contributed by atoms with Crippen molar-refractivity contribution in [1.29, 1.82) is 0 Å². The lowest BCUT2D eigenvalue weighted by molar-refractivity contribution is -0.141. The number of thiazole rings is 1. The first kappa shape index (κ1) is 17.4. The second kappa shape index (κ2) is 7.21. The Morgan fingerprint density at radius 2 is 1.96 bits per heavy atom. The molecule has 0 spiro atoms. The maximum absolute atomic E-state index is 12.7. The number of aryl methyl sites for hydroxylation is 2. The Hall–Kier alpha value is -1.43. The smallest absolute Gasteiger partial charge is 0.243 e. The zero-order valence-electron chi connectivity index (χ0n) is 14.8. The zero-order valence-corrected chi connectivity index (χ0v) is 15.6. The Bertz CT molecular complexity index is 602. The zero-order chi connectivity index (χ0) is 17.3. The van der Waals surface area contributed by atoms with Gasteiger partial charge in [0.05, 0.1) is 11.7 Å². The summed E-state index contributed by atoms with van der Waals surface area (Å²) in [6.45, 7) is 6.46. The molecule has 0 unspecified atom stereocenters. The van der Waals surface area contributed by atoms with Crippen molar-refractivity contribution in [3.05, 3.63) is 15.6 Å². The molecule has 1 saturated heterocycles. The Labute approximate surface area is 147 Å².